The lowest BCUT2D eigenvalue weighted by Gasteiger charge is -2.10. The molecule has 9 heteroatoms. The van der Waals surface area contributed by atoms with Gasteiger partial charge in [0.25, 0.3) is 5.76 Å². The molecule has 4 nitrogen and oxygen atoms in total. The fourth-order valence-electron chi connectivity index (χ4n) is 2.29. The number of imidazole rings is 1. The van der Waals surface area contributed by atoms with Crippen LogP contribution in [0.25, 0.3) is 11.0 Å². The van der Waals surface area contributed by atoms with E-state index in [4.69, 9.17) is 0 Å². The predicted octanol–water partition coefficient (Wildman–Crippen LogP) is 4.27. The maximum absolute atomic E-state index is 13.2. The summed E-state index contributed by atoms with van der Waals surface area (Å²) >= 11 is 0.232. The van der Waals surface area contributed by atoms with Gasteiger partial charge < -0.3 is 9.88 Å². The van der Waals surface area contributed by atoms with Crippen molar-refractivity contribution >= 4 is 34.4 Å². The Morgan fingerprint density at radius 3 is 2.64 bits per heavy atom. The summed E-state index contributed by atoms with van der Waals surface area (Å²) in [5.41, 5.74) is 1.06. The number of para-hydroxylation sites is 2. The molecule has 3 aromatic rings. The quantitative estimate of drug-likeness (QED) is 0.540. The van der Waals surface area contributed by atoms with Crippen molar-refractivity contribution in [2.45, 2.75) is 17.5 Å². The molecular formula is C16H11F4N3OS. The standard InChI is InChI=1S/C16H11F4N3OS/c17-10-6-5-9(7-11(10)18)21-14(24)8-23-13-4-2-1-3-12(13)22-16(23)25-15(19)20/h1-7,15H,8H2,(H,21,24). The Bertz CT molecular complexity index is 929. The van der Waals surface area contributed by atoms with Crippen molar-refractivity contribution in [3.8, 4) is 0 Å². The molecule has 0 atom stereocenters. The molecular weight excluding hydrogens is 358 g/mol. The molecule has 25 heavy (non-hydrogen) atoms. The number of hydrogen-bond acceptors (Lipinski definition) is 3. The molecule has 0 radical (unpaired) electrons. The van der Waals surface area contributed by atoms with Crippen molar-refractivity contribution in [2.24, 2.45) is 0 Å². The number of fused-ring (bicyclic) bond motifs is 1. The van der Waals surface area contributed by atoms with Gasteiger partial charge in [-0.2, -0.15) is 8.78 Å². The number of halogens is 4. The number of amides is 1. The molecule has 3 rings (SSSR count). The number of rotatable bonds is 5. The van der Waals surface area contributed by atoms with Gasteiger partial charge in [-0.05, 0) is 36.0 Å². The van der Waals surface area contributed by atoms with Gasteiger partial charge in [0, 0.05) is 11.8 Å². The Morgan fingerprint density at radius 2 is 1.92 bits per heavy atom. The smallest absolute Gasteiger partial charge is 0.291 e. The van der Waals surface area contributed by atoms with Crippen LogP contribution in [0, 0.1) is 11.6 Å². The van der Waals surface area contributed by atoms with Crippen LogP contribution < -0.4 is 5.32 Å². The van der Waals surface area contributed by atoms with E-state index in [9.17, 15) is 22.4 Å². The fourth-order valence-corrected chi connectivity index (χ4v) is 2.89. The van der Waals surface area contributed by atoms with Gasteiger partial charge in [0.2, 0.25) is 5.91 Å². The molecule has 1 heterocycles. The van der Waals surface area contributed by atoms with E-state index in [1.807, 2.05) is 0 Å². The van der Waals surface area contributed by atoms with Gasteiger partial charge >= 0.3 is 0 Å². The van der Waals surface area contributed by atoms with Crippen molar-refractivity contribution < 1.29 is 22.4 Å². The molecule has 0 aliphatic heterocycles. The highest BCUT2D eigenvalue weighted by Crippen LogP contribution is 2.28. The van der Waals surface area contributed by atoms with Gasteiger partial charge in [-0.3, -0.25) is 4.79 Å². The molecule has 0 bridgehead atoms. The number of nitrogens with one attached hydrogen (secondary N) is 1. The number of thioether (sulfide) groups is 1. The zero-order valence-corrected chi connectivity index (χ0v) is 13.4. The second-order valence-electron chi connectivity index (χ2n) is 5.02. The molecule has 130 valence electrons. The minimum Gasteiger partial charge on any atom is -0.324 e. The van der Waals surface area contributed by atoms with Crippen LogP contribution in [0.4, 0.5) is 23.2 Å². The molecule has 0 aliphatic rings. The topological polar surface area (TPSA) is 46.9 Å². The Morgan fingerprint density at radius 1 is 1.16 bits per heavy atom. The molecule has 0 saturated carbocycles. The average molecular weight is 369 g/mol. The maximum Gasteiger partial charge on any atom is 0.291 e. The second-order valence-corrected chi connectivity index (χ2v) is 5.98. The molecule has 0 spiro atoms. The number of benzene rings is 2. The summed E-state index contributed by atoms with van der Waals surface area (Å²) in [6.07, 6.45) is 0. The summed E-state index contributed by atoms with van der Waals surface area (Å²) < 4.78 is 52.9. The number of anilines is 1. The lowest BCUT2D eigenvalue weighted by Crippen LogP contribution is -2.19. The van der Waals surface area contributed by atoms with Gasteiger partial charge in [-0.15, -0.1) is 0 Å². The zero-order chi connectivity index (χ0) is 18.0. The minimum absolute atomic E-state index is 0.00311. The van der Waals surface area contributed by atoms with Crippen LogP contribution in [0.15, 0.2) is 47.6 Å². The second kappa shape index (κ2) is 7.14. The number of alkyl halides is 2. The molecule has 0 aliphatic carbocycles. The highest BCUT2D eigenvalue weighted by atomic mass is 32.2. The van der Waals surface area contributed by atoms with E-state index in [-0.39, 0.29) is 29.2 Å². The molecule has 0 saturated heterocycles. The normalized spacial score (nSPS) is 11.2. The van der Waals surface area contributed by atoms with Crippen molar-refractivity contribution in [3.05, 3.63) is 54.1 Å². The Balaban J connectivity index is 1.85. The first-order valence-corrected chi connectivity index (χ1v) is 7.97. The molecule has 1 N–H and O–H groups in total. The largest absolute Gasteiger partial charge is 0.324 e. The van der Waals surface area contributed by atoms with Crippen LogP contribution in [0.5, 0.6) is 0 Å². The first-order chi connectivity index (χ1) is 11.9. The molecule has 0 fully saturated rings. The van der Waals surface area contributed by atoms with Gasteiger partial charge in [-0.1, -0.05) is 12.1 Å². The zero-order valence-electron chi connectivity index (χ0n) is 12.5. The van der Waals surface area contributed by atoms with Crippen LogP contribution in [0.2, 0.25) is 0 Å². The highest BCUT2D eigenvalue weighted by Gasteiger charge is 2.18. The summed E-state index contributed by atoms with van der Waals surface area (Å²) in [4.78, 5) is 16.3. The predicted molar refractivity (Wildman–Crippen MR) is 86.6 cm³/mol. The Labute approximate surface area is 143 Å². The molecule has 2 aromatic carbocycles. The number of aromatic nitrogens is 2. The van der Waals surface area contributed by atoms with Crippen molar-refractivity contribution in [3.63, 3.8) is 0 Å². The maximum atomic E-state index is 13.2. The van der Waals surface area contributed by atoms with E-state index in [0.29, 0.717) is 11.0 Å². The van der Waals surface area contributed by atoms with Crippen molar-refractivity contribution in [1.82, 2.24) is 9.55 Å². The molecule has 1 amide bonds. The minimum atomic E-state index is -2.69. The number of hydrogen-bond donors (Lipinski definition) is 1. The summed E-state index contributed by atoms with van der Waals surface area (Å²) in [7, 11) is 0. The Kier molecular flexibility index (Phi) is 4.93. The highest BCUT2D eigenvalue weighted by molar-refractivity contribution is 7.99. The van der Waals surface area contributed by atoms with Gasteiger partial charge in [-0.25, -0.2) is 13.8 Å². The average Bonchev–Trinajstić information content (AvgIpc) is 2.88. The first kappa shape index (κ1) is 17.3. The summed E-state index contributed by atoms with van der Waals surface area (Å²) in [5.74, 6) is -5.40. The first-order valence-electron chi connectivity index (χ1n) is 7.09. The summed E-state index contributed by atoms with van der Waals surface area (Å²) in [5, 5.41) is 2.40. The van der Waals surface area contributed by atoms with Crippen LogP contribution in [0.1, 0.15) is 0 Å². The lowest BCUT2D eigenvalue weighted by molar-refractivity contribution is -0.116. The monoisotopic (exact) mass is 369 g/mol. The molecule has 1 aromatic heterocycles. The van der Waals surface area contributed by atoms with Crippen LogP contribution in [-0.2, 0) is 11.3 Å². The summed E-state index contributed by atoms with van der Waals surface area (Å²) in [6, 6.07) is 9.64. The van der Waals surface area contributed by atoms with E-state index in [1.54, 1.807) is 24.3 Å². The lowest BCUT2D eigenvalue weighted by atomic mass is 10.3. The third kappa shape index (κ3) is 3.93. The van der Waals surface area contributed by atoms with E-state index >= 15 is 0 Å². The van der Waals surface area contributed by atoms with E-state index in [0.717, 1.165) is 12.1 Å². The summed E-state index contributed by atoms with van der Waals surface area (Å²) in [6.45, 7) is -0.297. The van der Waals surface area contributed by atoms with E-state index in [2.05, 4.69) is 10.3 Å². The Hall–Kier alpha value is -2.55. The number of nitrogens with zero attached hydrogens (tertiary/aromatic N) is 2. The SMILES string of the molecule is O=C(Cn1c(SC(F)F)nc2ccccc21)Nc1ccc(F)c(F)c1. The van der Waals surface area contributed by atoms with Gasteiger partial charge in [0.1, 0.15) is 6.54 Å². The van der Waals surface area contributed by atoms with E-state index < -0.39 is 23.3 Å². The van der Waals surface area contributed by atoms with Crippen LogP contribution in [0.3, 0.4) is 0 Å². The number of carbonyl (C=O) groups is 1. The van der Waals surface area contributed by atoms with Gasteiger partial charge in [0.15, 0.2) is 16.8 Å². The van der Waals surface area contributed by atoms with Crippen LogP contribution in [-0.4, -0.2) is 21.2 Å². The molecule has 0 unspecified atom stereocenters. The van der Waals surface area contributed by atoms with Crippen molar-refractivity contribution in [1.29, 1.82) is 0 Å². The third-order valence-corrected chi connectivity index (χ3v) is 4.02. The van der Waals surface area contributed by atoms with Gasteiger partial charge in [0.05, 0.1) is 11.0 Å². The third-order valence-electron chi connectivity index (χ3n) is 3.32. The van der Waals surface area contributed by atoms with E-state index in [1.165, 1.54) is 10.6 Å². The van der Waals surface area contributed by atoms with Crippen molar-refractivity contribution in [2.75, 3.05) is 5.32 Å². The fraction of sp³-hybridized carbons (Fsp3) is 0.125. The number of carbonyl (C=O) groups excluding carboxylic acids is 1. The van der Waals surface area contributed by atoms with Crippen LogP contribution >= 0.6 is 11.8 Å².